The van der Waals surface area contributed by atoms with E-state index >= 15 is 0 Å². The Labute approximate surface area is 198 Å². The summed E-state index contributed by atoms with van der Waals surface area (Å²) in [4.78, 5) is 26.2. The Morgan fingerprint density at radius 2 is 1.85 bits per heavy atom. The smallest absolute Gasteiger partial charge is 0.244 e. The van der Waals surface area contributed by atoms with E-state index in [1.165, 1.54) is 17.8 Å². The molecule has 2 aromatic rings. The molecule has 0 aromatic heterocycles. The predicted molar refractivity (Wildman–Crippen MR) is 133 cm³/mol. The highest BCUT2D eigenvalue weighted by Gasteiger charge is 2.29. The van der Waals surface area contributed by atoms with Gasteiger partial charge in [-0.2, -0.15) is 0 Å². The number of fused-ring (bicyclic) bond motifs is 3. The molecule has 1 N–H and O–H groups in total. The third-order valence-electron chi connectivity index (χ3n) is 5.59. The van der Waals surface area contributed by atoms with Gasteiger partial charge in [-0.1, -0.05) is 24.3 Å². The first kappa shape index (κ1) is 24.5. The van der Waals surface area contributed by atoms with Gasteiger partial charge in [-0.15, -0.1) is 11.8 Å². The van der Waals surface area contributed by atoms with Gasteiger partial charge in [-0.25, -0.2) is 0 Å². The number of carbonyl (C=O) groups is 1. The predicted octanol–water partition coefficient (Wildman–Crippen LogP) is 4.70. The zero-order chi connectivity index (χ0) is 24.0. The van der Waals surface area contributed by atoms with E-state index in [-0.39, 0.29) is 17.4 Å². The summed E-state index contributed by atoms with van der Waals surface area (Å²) in [6.45, 7) is 1.88. The van der Waals surface area contributed by atoms with Gasteiger partial charge >= 0.3 is 0 Å². The lowest BCUT2D eigenvalue weighted by Crippen LogP contribution is -2.27. The SMILES string of the molecule is C/C=C/C=C/C(=O)N[C@@H]1CCc2cc(OC)c(OC)c(OC)c2-c2ccc(SC)c(=O)cc21. The molecule has 174 valence electrons. The number of benzene rings is 1. The average molecular weight is 468 g/mol. The maximum absolute atomic E-state index is 12.9. The van der Waals surface area contributed by atoms with Crippen LogP contribution in [0.4, 0.5) is 0 Å². The lowest BCUT2D eigenvalue weighted by molar-refractivity contribution is -0.117. The van der Waals surface area contributed by atoms with Crippen molar-refractivity contribution in [2.45, 2.75) is 30.7 Å². The molecule has 0 bridgehead atoms. The fourth-order valence-corrected chi connectivity index (χ4v) is 4.55. The lowest BCUT2D eigenvalue weighted by atomic mass is 9.95. The minimum absolute atomic E-state index is 0.0876. The molecule has 0 saturated heterocycles. The van der Waals surface area contributed by atoms with Crippen molar-refractivity contribution in [3.8, 4) is 28.4 Å². The number of amides is 1. The molecule has 6 nitrogen and oxygen atoms in total. The van der Waals surface area contributed by atoms with Gasteiger partial charge in [0.15, 0.2) is 16.9 Å². The van der Waals surface area contributed by atoms with Crippen molar-refractivity contribution in [3.05, 3.63) is 69.9 Å². The third-order valence-corrected chi connectivity index (χ3v) is 6.37. The number of aryl methyl sites for hydroxylation is 1. The van der Waals surface area contributed by atoms with Gasteiger partial charge in [0.25, 0.3) is 0 Å². The van der Waals surface area contributed by atoms with Gasteiger partial charge in [0.2, 0.25) is 11.7 Å². The van der Waals surface area contributed by atoms with E-state index < -0.39 is 0 Å². The molecule has 1 aliphatic rings. The number of hydrogen-bond donors (Lipinski definition) is 1. The first-order chi connectivity index (χ1) is 16.0. The summed E-state index contributed by atoms with van der Waals surface area (Å²) < 4.78 is 17.0. The molecule has 0 heterocycles. The zero-order valence-electron chi connectivity index (χ0n) is 19.6. The fraction of sp³-hybridized carbons (Fsp3) is 0.308. The van der Waals surface area contributed by atoms with Crippen LogP contribution in [0.1, 0.15) is 30.5 Å². The molecule has 0 unspecified atom stereocenters. The summed E-state index contributed by atoms with van der Waals surface area (Å²) in [6.07, 6.45) is 9.95. The summed E-state index contributed by atoms with van der Waals surface area (Å²) in [5, 5.41) is 3.07. The van der Waals surface area contributed by atoms with Crippen molar-refractivity contribution in [2.24, 2.45) is 0 Å². The topological polar surface area (TPSA) is 73.9 Å². The van der Waals surface area contributed by atoms with Crippen molar-refractivity contribution < 1.29 is 19.0 Å². The van der Waals surface area contributed by atoms with Crippen LogP contribution in [0.25, 0.3) is 11.1 Å². The van der Waals surface area contributed by atoms with Crippen LogP contribution in [-0.4, -0.2) is 33.5 Å². The number of hydrogen-bond acceptors (Lipinski definition) is 6. The molecular weight excluding hydrogens is 438 g/mol. The molecule has 0 aliphatic heterocycles. The van der Waals surface area contributed by atoms with Crippen LogP contribution >= 0.6 is 11.8 Å². The van der Waals surface area contributed by atoms with Crippen LogP contribution in [0.15, 0.2) is 58.3 Å². The number of methoxy groups -OCH3 is 3. The molecule has 2 aromatic carbocycles. The molecule has 1 atom stereocenters. The van der Waals surface area contributed by atoms with E-state index in [0.717, 1.165) is 22.3 Å². The molecule has 3 rings (SSSR count). The molecular formula is C26H29NO5S. The van der Waals surface area contributed by atoms with E-state index in [1.807, 2.05) is 37.5 Å². The van der Waals surface area contributed by atoms with E-state index in [4.69, 9.17) is 14.2 Å². The van der Waals surface area contributed by atoms with E-state index in [2.05, 4.69) is 5.32 Å². The minimum Gasteiger partial charge on any atom is -0.493 e. The molecule has 0 saturated carbocycles. The highest BCUT2D eigenvalue weighted by Crippen LogP contribution is 2.50. The Bertz CT molecular complexity index is 1160. The van der Waals surface area contributed by atoms with Crippen molar-refractivity contribution in [1.82, 2.24) is 5.32 Å². The standard InChI is InChI=1S/C26H29NO5S/c1-6-7-8-9-23(29)27-19-12-10-16-14-21(30-2)25(31-3)26(32-4)24(16)17-11-13-22(33-5)20(28)15-18(17)19/h6-9,11,13-15,19H,10,12H2,1-5H3,(H,27,29)/b7-6+,9-8+/t19-/m1/s1. The number of rotatable bonds is 7. The van der Waals surface area contributed by atoms with Crippen LogP contribution in [0, 0.1) is 0 Å². The van der Waals surface area contributed by atoms with Gasteiger partial charge in [-0.05, 0) is 60.9 Å². The Balaban J connectivity index is 2.28. The molecule has 33 heavy (non-hydrogen) atoms. The number of ether oxygens (including phenoxy) is 3. The van der Waals surface area contributed by atoms with Crippen molar-refractivity contribution in [3.63, 3.8) is 0 Å². The summed E-state index contributed by atoms with van der Waals surface area (Å²) in [5.74, 6) is 1.38. The van der Waals surface area contributed by atoms with Crippen LogP contribution in [-0.2, 0) is 11.2 Å². The second-order valence-corrected chi connectivity index (χ2v) is 8.29. The molecule has 1 aliphatic carbocycles. The second-order valence-electron chi connectivity index (χ2n) is 7.44. The summed E-state index contributed by atoms with van der Waals surface area (Å²) in [7, 11) is 4.74. The van der Waals surface area contributed by atoms with Gasteiger partial charge in [0, 0.05) is 11.6 Å². The zero-order valence-corrected chi connectivity index (χ0v) is 20.4. The highest BCUT2D eigenvalue weighted by molar-refractivity contribution is 7.98. The van der Waals surface area contributed by atoms with Gasteiger partial charge in [0.05, 0.1) is 32.3 Å². The van der Waals surface area contributed by atoms with Crippen molar-refractivity contribution in [2.75, 3.05) is 27.6 Å². The van der Waals surface area contributed by atoms with Crippen LogP contribution < -0.4 is 25.0 Å². The van der Waals surface area contributed by atoms with Crippen molar-refractivity contribution in [1.29, 1.82) is 0 Å². The number of nitrogens with one attached hydrogen (secondary N) is 1. The van der Waals surface area contributed by atoms with Gasteiger partial charge < -0.3 is 19.5 Å². The molecule has 0 radical (unpaired) electrons. The normalized spacial score (nSPS) is 15.0. The summed E-state index contributed by atoms with van der Waals surface area (Å²) >= 11 is 1.39. The molecule has 0 spiro atoms. The average Bonchev–Trinajstić information content (AvgIpc) is 3.06. The Hall–Kier alpha value is -3.19. The monoisotopic (exact) mass is 467 g/mol. The number of allylic oxidation sites excluding steroid dienone is 3. The first-order valence-corrected chi connectivity index (χ1v) is 11.9. The highest BCUT2D eigenvalue weighted by atomic mass is 32.2. The van der Waals surface area contributed by atoms with E-state index in [9.17, 15) is 9.59 Å². The van der Waals surface area contributed by atoms with Crippen LogP contribution in [0.5, 0.6) is 17.2 Å². The van der Waals surface area contributed by atoms with Crippen LogP contribution in [0.3, 0.4) is 0 Å². The van der Waals surface area contributed by atoms with Crippen molar-refractivity contribution >= 4 is 17.7 Å². The van der Waals surface area contributed by atoms with Crippen LogP contribution in [0.2, 0.25) is 0 Å². The maximum Gasteiger partial charge on any atom is 0.244 e. The van der Waals surface area contributed by atoms with Gasteiger partial charge in [-0.3, -0.25) is 9.59 Å². The Kier molecular flexibility index (Phi) is 8.22. The molecule has 1 amide bonds. The third kappa shape index (κ3) is 5.09. The van der Waals surface area contributed by atoms with E-state index in [0.29, 0.717) is 35.0 Å². The number of carbonyl (C=O) groups excluding carboxylic acids is 1. The maximum atomic E-state index is 12.9. The van der Waals surface area contributed by atoms with Gasteiger partial charge in [0.1, 0.15) is 0 Å². The Morgan fingerprint density at radius 1 is 1.09 bits per heavy atom. The molecule has 7 heteroatoms. The van der Waals surface area contributed by atoms with E-state index in [1.54, 1.807) is 39.5 Å². The quantitative estimate of drug-likeness (QED) is 0.362. The Morgan fingerprint density at radius 3 is 2.48 bits per heavy atom. The summed E-state index contributed by atoms with van der Waals surface area (Å²) in [6, 6.07) is 6.97. The lowest BCUT2D eigenvalue weighted by Gasteiger charge is -2.19. The molecule has 0 fully saturated rings. The minimum atomic E-state index is -0.355. The largest absolute Gasteiger partial charge is 0.493 e. The fourth-order valence-electron chi connectivity index (χ4n) is 4.09. The first-order valence-electron chi connectivity index (χ1n) is 10.6. The number of thioether (sulfide) groups is 1. The summed E-state index contributed by atoms with van der Waals surface area (Å²) in [5.41, 5.74) is 3.32. The second kappa shape index (κ2) is 11.1.